The molecule has 0 spiro atoms. The zero-order valence-corrected chi connectivity index (χ0v) is 5.96. The van der Waals surface area contributed by atoms with Gasteiger partial charge < -0.3 is 5.14 Å². The maximum atomic E-state index is 9.90. The average Bonchev–Trinajstić information content (AvgIpc) is 1.30. The van der Waals surface area contributed by atoms with Gasteiger partial charge in [0.25, 0.3) is 0 Å². The molecule has 0 fully saturated rings. The molecule has 3 nitrogen and oxygen atoms in total. The number of hydrogen-bond acceptors (Lipinski definition) is 2. The van der Waals surface area contributed by atoms with Crippen molar-refractivity contribution in [3.8, 4) is 0 Å². The van der Waals surface area contributed by atoms with Crippen molar-refractivity contribution in [1.82, 2.24) is 0 Å². The quantitative estimate of drug-likeness (QED) is 0.396. The van der Waals surface area contributed by atoms with E-state index < -0.39 is 10.0 Å². The molecule has 0 unspecified atom stereocenters. The molecule has 8 heavy (non-hydrogen) atoms. The molecule has 0 aromatic rings. The number of hydrogen-bond donors (Lipinski definition) is 0. The van der Waals surface area contributed by atoms with Gasteiger partial charge in [-0.05, 0) is 6.42 Å². The first kappa shape index (κ1) is 11.3. The second-order valence-electron chi connectivity index (χ2n) is 1.32. The third kappa shape index (κ3) is 9.72. The van der Waals surface area contributed by atoms with Gasteiger partial charge >= 0.3 is 18.9 Å². The van der Waals surface area contributed by atoms with Crippen LogP contribution >= 0.6 is 0 Å². The maximum absolute atomic E-state index is 9.90. The van der Waals surface area contributed by atoms with Crippen molar-refractivity contribution in [2.24, 2.45) is 0 Å². The summed E-state index contributed by atoms with van der Waals surface area (Å²) in [6.07, 6.45) is 0.534. The van der Waals surface area contributed by atoms with E-state index >= 15 is 0 Å². The summed E-state index contributed by atoms with van der Waals surface area (Å²) < 4.78 is 19.8. The second kappa shape index (κ2) is 4.39. The summed E-state index contributed by atoms with van der Waals surface area (Å²) in [6, 6.07) is 0. The monoisotopic (exact) mass is 129 g/mol. The van der Waals surface area contributed by atoms with Crippen LogP contribution in [0.25, 0.3) is 5.14 Å². The van der Waals surface area contributed by atoms with E-state index in [1.54, 1.807) is 6.92 Å². The molecule has 5 heteroatoms. The van der Waals surface area contributed by atoms with Gasteiger partial charge in [0.15, 0.2) is 0 Å². The minimum atomic E-state index is -3.42. The molecule has 0 bridgehead atoms. The number of nitrogens with one attached hydrogen (secondary N) is 1. The largest absolute Gasteiger partial charge is 1.00 e. The summed E-state index contributed by atoms with van der Waals surface area (Å²) in [6.45, 7) is 1.73. The first-order valence-corrected chi connectivity index (χ1v) is 3.69. The fraction of sp³-hybridized carbons (Fsp3) is 1.00. The third-order valence-corrected chi connectivity index (χ3v) is 1.42. The predicted octanol–water partition coefficient (Wildman–Crippen LogP) is -2.22. The van der Waals surface area contributed by atoms with E-state index in [0.29, 0.717) is 6.42 Å². The molecule has 1 N–H and O–H groups in total. The molecular weight excluding hydrogens is 121 g/mol. The van der Waals surface area contributed by atoms with Crippen molar-refractivity contribution >= 4 is 10.0 Å². The molecule has 0 atom stereocenters. The van der Waals surface area contributed by atoms with Crippen LogP contribution in [0.15, 0.2) is 0 Å². The molecule has 0 aromatic carbocycles. The van der Waals surface area contributed by atoms with Crippen LogP contribution in [0.1, 0.15) is 13.3 Å². The molecule has 0 aliphatic heterocycles. The fourth-order valence-electron chi connectivity index (χ4n) is 0.269. The molecular formula is C3H8LiNO2S. The molecule has 0 aliphatic rings. The van der Waals surface area contributed by atoms with Gasteiger partial charge in [-0.15, -0.1) is 0 Å². The average molecular weight is 129 g/mol. The topological polar surface area (TPSA) is 57.9 Å². The van der Waals surface area contributed by atoms with E-state index in [2.05, 4.69) is 0 Å². The second-order valence-corrected chi connectivity index (χ2v) is 2.96. The van der Waals surface area contributed by atoms with Crippen molar-refractivity contribution in [1.29, 1.82) is 0 Å². The van der Waals surface area contributed by atoms with Crippen LogP contribution in [0.4, 0.5) is 0 Å². The Morgan fingerprint density at radius 1 is 1.50 bits per heavy atom. The molecule has 0 rings (SSSR count). The summed E-state index contributed by atoms with van der Waals surface area (Å²) in [7, 11) is -3.42. The minimum absolute atomic E-state index is 0. The van der Waals surface area contributed by atoms with Gasteiger partial charge in [-0.2, -0.15) is 0 Å². The molecule has 0 saturated carbocycles. The van der Waals surface area contributed by atoms with Gasteiger partial charge in [0, 0.05) is 5.75 Å². The van der Waals surface area contributed by atoms with Crippen molar-refractivity contribution in [2.45, 2.75) is 13.3 Å². The van der Waals surface area contributed by atoms with Crippen LogP contribution in [0.3, 0.4) is 0 Å². The standard InChI is InChI=1S/C3H8NO2S.Li/c1-2-3-7(4,5)6;/h2-3H2,1H3,(H-,4,5,6);/q-1;+1. The summed E-state index contributed by atoms with van der Waals surface area (Å²) in [5.41, 5.74) is 0. The van der Waals surface area contributed by atoms with E-state index in [1.807, 2.05) is 0 Å². The third-order valence-electron chi connectivity index (χ3n) is 0.473. The normalized spacial score (nSPS) is 10.2. The van der Waals surface area contributed by atoms with Gasteiger partial charge in [0.05, 0.1) is 10.0 Å². The van der Waals surface area contributed by atoms with Crippen LogP contribution in [0.2, 0.25) is 0 Å². The Morgan fingerprint density at radius 2 is 1.88 bits per heavy atom. The van der Waals surface area contributed by atoms with E-state index in [9.17, 15) is 8.42 Å². The molecule has 0 aliphatic carbocycles. The Morgan fingerprint density at radius 3 is 1.88 bits per heavy atom. The molecule has 0 aromatic heterocycles. The Labute approximate surface area is 61.9 Å². The van der Waals surface area contributed by atoms with Crippen LogP contribution in [-0.4, -0.2) is 14.2 Å². The van der Waals surface area contributed by atoms with Gasteiger partial charge in [0.2, 0.25) is 0 Å². The van der Waals surface area contributed by atoms with Crippen molar-refractivity contribution in [3.05, 3.63) is 5.14 Å². The van der Waals surface area contributed by atoms with Crippen molar-refractivity contribution < 1.29 is 27.3 Å². The van der Waals surface area contributed by atoms with Crippen LogP contribution in [0, 0.1) is 0 Å². The van der Waals surface area contributed by atoms with Crippen LogP contribution < -0.4 is 18.9 Å². The number of rotatable bonds is 2. The Bertz CT molecular complexity index is 130. The van der Waals surface area contributed by atoms with Crippen molar-refractivity contribution in [2.75, 3.05) is 5.75 Å². The molecule has 0 heterocycles. The molecule has 44 valence electrons. The maximum Gasteiger partial charge on any atom is 1.00 e. The van der Waals surface area contributed by atoms with E-state index in [-0.39, 0.29) is 24.6 Å². The summed E-state index contributed by atoms with van der Waals surface area (Å²) in [5.74, 6) is -0.0208. The molecule has 0 amide bonds. The number of sulfonamides is 1. The smallest absolute Gasteiger partial charge is 0.564 e. The fourth-order valence-corrected chi connectivity index (χ4v) is 0.806. The van der Waals surface area contributed by atoms with E-state index in [4.69, 9.17) is 5.14 Å². The van der Waals surface area contributed by atoms with E-state index in [0.717, 1.165) is 0 Å². The summed E-state index contributed by atoms with van der Waals surface area (Å²) >= 11 is 0. The van der Waals surface area contributed by atoms with Crippen LogP contribution in [-0.2, 0) is 10.0 Å². The summed E-state index contributed by atoms with van der Waals surface area (Å²) in [5, 5.41) is 6.30. The molecule has 0 saturated heterocycles. The van der Waals surface area contributed by atoms with E-state index in [1.165, 1.54) is 0 Å². The first-order valence-electron chi connectivity index (χ1n) is 2.03. The summed E-state index contributed by atoms with van der Waals surface area (Å²) in [4.78, 5) is 0. The Balaban J connectivity index is 0. The minimum Gasteiger partial charge on any atom is -0.564 e. The van der Waals surface area contributed by atoms with Gasteiger partial charge in [-0.25, -0.2) is 8.42 Å². The first-order chi connectivity index (χ1) is 3.06. The van der Waals surface area contributed by atoms with Gasteiger partial charge in [0.1, 0.15) is 0 Å². The zero-order chi connectivity index (χ0) is 5.91. The molecule has 0 radical (unpaired) electrons. The SMILES string of the molecule is CCCS([NH-])(=O)=O.[Li+]. The van der Waals surface area contributed by atoms with Crippen LogP contribution in [0.5, 0.6) is 0 Å². The predicted molar refractivity (Wildman–Crippen MR) is 28.4 cm³/mol. The Kier molecular flexibility index (Phi) is 6.22. The van der Waals surface area contributed by atoms with Gasteiger partial charge in [-0.3, -0.25) is 0 Å². The zero-order valence-electron chi connectivity index (χ0n) is 5.14. The Hall–Kier alpha value is 0.507. The van der Waals surface area contributed by atoms with Crippen molar-refractivity contribution in [3.63, 3.8) is 0 Å². The van der Waals surface area contributed by atoms with Gasteiger partial charge in [-0.1, -0.05) is 6.92 Å².